The van der Waals surface area contributed by atoms with Crippen LogP contribution in [0.15, 0.2) is 11.6 Å². The highest BCUT2D eigenvalue weighted by Gasteiger charge is 2.53. The van der Waals surface area contributed by atoms with Crippen molar-refractivity contribution in [2.75, 3.05) is 6.50 Å². The molecule has 5 nitrogen and oxygen atoms in total. The van der Waals surface area contributed by atoms with E-state index in [0.29, 0.717) is 0 Å². The fourth-order valence-electron chi connectivity index (χ4n) is 1.92. The Hall–Kier alpha value is -1.01. The minimum absolute atomic E-state index is 0.0688. The van der Waals surface area contributed by atoms with E-state index in [1.807, 2.05) is 0 Å². The first-order chi connectivity index (χ1) is 13.9. The highest BCUT2D eigenvalue weighted by atomic mass is 16.7. The maximum Gasteiger partial charge on any atom is 0.492 e. The summed E-state index contributed by atoms with van der Waals surface area (Å²) in [6.45, 7) is 4.02. The van der Waals surface area contributed by atoms with Gasteiger partial charge in [0, 0.05) is 20.9 Å². The number of carbonyl (C=O) groups excluding carboxylic acids is 1. The summed E-state index contributed by atoms with van der Waals surface area (Å²) in [6, 6.07) is 0. The molecule has 130 valence electrons. The van der Waals surface area contributed by atoms with Gasteiger partial charge in [-0.3, -0.25) is 4.90 Å². The second kappa shape index (κ2) is 5.81. The zero-order chi connectivity index (χ0) is 25.5. The Labute approximate surface area is 153 Å². The van der Waals surface area contributed by atoms with Crippen LogP contribution in [0.5, 0.6) is 0 Å². The lowest BCUT2D eigenvalue weighted by Crippen LogP contribution is -2.41. The van der Waals surface area contributed by atoms with Crippen LogP contribution in [0, 0.1) is 5.89 Å². The molecule has 23 heavy (non-hydrogen) atoms. The van der Waals surface area contributed by atoms with Crippen molar-refractivity contribution in [3.63, 3.8) is 0 Å². The SMILES string of the molecule is [2H]C1=C(B2OC(C)(C)C(C)(C)O2)C([2H])([2H])C([2H])(C([2H])([2H])[2H])C([2H])([2H])N1C(=O)OC(C)(C)C. The van der Waals surface area contributed by atoms with Gasteiger partial charge in [-0.2, -0.15) is 0 Å². The van der Waals surface area contributed by atoms with Gasteiger partial charge in [-0.25, -0.2) is 4.79 Å². The van der Waals surface area contributed by atoms with E-state index in [2.05, 4.69) is 0 Å². The van der Waals surface area contributed by atoms with Crippen molar-refractivity contribution in [3.8, 4) is 0 Å². The Balaban J connectivity index is 2.85. The number of hydrogen-bond donors (Lipinski definition) is 0. The molecule has 0 N–H and O–H groups in total. The van der Waals surface area contributed by atoms with Crippen molar-refractivity contribution in [2.45, 2.75) is 78.5 Å². The molecule has 0 bridgehead atoms. The average Bonchev–Trinajstić information content (AvgIpc) is 2.68. The Morgan fingerprint density at radius 3 is 2.52 bits per heavy atom. The number of rotatable bonds is 1. The summed E-state index contributed by atoms with van der Waals surface area (Å²) in [7, 11) is -1.64. The summed E-state index contributed by atoms with van der Waals surface area (Å²) in [5.41, 5.74) is -3.94. The van der Waals surface area contributed by atoms with Gasteiger partial charge in [0.1, 0.15) is 5.60 Å². The lowest BCUT2D eigenvalue weighted by Gasteiger charge is -2.32. The zero-order valence-electron chi connectivity index (χ0n) is 23.7. The summed E-state index contributed by atoms with van der Waals surface area (Å²) >= 11 is 0. The number of nitrogens with zero attached hydrogens (tertiary/aromatic N) is 1. The number of hydrogen-bond acceptors (Lipinski definition) is 4. The number of amides is 1. The summed E-state index contributed by atoms with van der Waals surface area (Å²) in [6.07, 6.45) is -5.74. The molecule has 0 aromatic carbocycles. The molecule has 1 saturated heterocycles. The average molecular weight is 332 g/mol. The smallest absolute Gasteiger partial charge is 0.443 e. The molecule has 2 aliphatic heterocycles. The molecular formula is C17H30BNO4. The topological polar surface area (TPSA) is 48.0 Å². The molecule has 0 radical (unpaired) electrons. The number of carbonyl (C=O) groups is 1. The van der Waals surface area contributed by atoms with E-state index in [1.165, 1.54) is 20.8 Å². The molecule has 0 spiro atoms. The van der Waals surface area contributed by atoms with Crippen molar-refractivity contribution in [1.82, 2.24) is 4.90 Å². The molecule has 2 heterocycles. The first-order valence-electron chi connectivity index (χ1n) is 12.0. The van der Waals surface area contributed by atoms with Crippen molar-refractivity contribution in [2.24, 2.45) is 5.89 Å². The second-order valence-electron chi connectivity index (χ2n) is 7.54. The van der Waals surface area contributed by atoms with Crippen molar-refractivity contribution < 1.29 is 31.2 Å². The quantitative estimate of drug-likeness (QED) is 0.686. The van der Waals surface area contributed by atoms with Gasteiger partial charge in [0.2, 0.25) is 0 Å². The van der Waals surface area contributed by atoms with Gasteiger partial charge in [0.25, 0.3) is 0 Å². The first kappa shape index (κ1) is 9.47. The third kappa shape index (κ3) is 4.10. The van der Waals surface area contributed by atoms with Crippen LogP contribution < -0.4 is 0 Å². The Bertz CT molecular complexity index is 819. The predicted octanol–water partition coefficient (Wildman–Crippen LogP) is 3.78. The third-order valence-corrected chi connectivity index (χ3v) is 3.78. The summed E-state index contributed by atoms with van der Waals surface area (Å²) in [5, 5.41) is 0. The normalized spacial score (nSPS) is 41.3. The van der Waals surface area contributed by atoms with E-state index in [9.17, 15) is 4.79 Å². The number of allylic oxidation sites excluding steroid dienone is 1. The first-order valence-corrected chi connectivity index (χ1v) is 7.45. The van der Waals surface area contributed by atoms with E-state index >= 15 is 0 Å². The van der Waals surface area contributed by atoms with Crippen LogP contribution in [0.1, 0.15) is 74.0 Å². The monoisotopic (exact) mass is 332 g/mol. The molecular weight excluding hydrogens is 293 g/mol. The van der Waals surface area contributed by atoms with Crippen molar-refractivity contribution in [1.29, 1.82) is 0 Å². The maximum atomic E-state index is 12.9. The summed E-state index contributed by atoms with van der Waals surface area (Å²) in [5.74, 6) is -3.55. The minimum atomic E-state index is -3.56. The molecule has 1 amide bonds. The van der Waals surface area contributed by atoms with Crippen LogP contribution in [0.25, 0.3) is 0 Å². The largest absolute Gasteiger partial charge is 0.492 e. The van der Waals surface area contributed by atoms with Crippen LogP contribution in [-0.2, 0) is 14.0 Å². The molecule has 6 heteroatoms. The van der Waals surface area contributed by atoms with Gasteiger partial charge in [-0.05, 0) is 66.2 Å². The van der Waals surface area contributed by atoms with Crippen LogP contribution in [0.2, 0.25) is 0 Å². The molecule has 1 fully saturated rings. The molecule has 2 rings (SSSR count). The van der Waals surface area contributed by atoms with E-state index in [0.717, 1.165) is 0 Å². The standard InChI is InChI=1S/C17H30BNO4/c1-12-9-13(18-22-16(5,6)17(7,8)23-18)11-19(10-12)14(20)21-15(2,3)4/h11-12H,9-10H2,1-8H3/i1D3,9D2,10D2,11D,12D. The zero-order valence-corrected chi connectivity index (χ0v) is 14.7. The molecule has 0 aromatic heterocycles. The van der Waals surface area contributed by atoms with Gasteiger partial charge in [0.05, 0.1) is 15.3 Å². The van der Waals surface area contributed by atoms with Crippen molar-refractivity contribution >= 4 is 13.2 Å². The Kier molecular flexibility index (Phi) is 2.39. The van der Waals surface area contributed by atoms with E-state index in [1.54, 1.807) is 27.7 Å². The van der Waals surface area contributed by atoms with Gasteiger partial charge in [-0.1, -0.05) is 6.85 Å². The fourth-order valence-corrected chi connectivity index (χ4v) is 1.92. The van der Waals surface area contributed by atoms with Crippen molar-refractivity contribution in [3.05, 3.63) is 11.6 Å². The van der Waals surface area contributed by atoms with Gasteiger partial charge in [0.15, 0.2) is 0 Å². The maximum absolute atomic E-state index is 12.9. The predicted molar refractivity (Wildman–Crippen MR) is 90.9 cm³/mol. The van der Waals surface area contributed by atoms with Crippen LogP contribution >= 0.6 is 0 Å². The molecule has 1 atom stereocenters. The van der Waals surface area contributed by atoms with E-state index in [-0.39, 0.29) is 4.90 Å². The molecule has 1 unspecified atom stereocenters. The van der Waals surface area contributed by atoms with Crippen LogP contribution in [-0.4, -0.2) is 41.4 Å². The second-order valence-corrected chi connectivity index (χ2v) is 7.54. The Morgan fingerprint density at radius 1 is 1.48 bits per heavy atom. The highest BCUT2D eigenvalue weighted by Crippen LogP contribution is 2.40. The van der Waals surface area contributed by atoms with Crippen LogP contribution in [0.3, 0.4) is 0 Å². The molecule has 0 aromatic rings. The van der Waals surface area contributed by atoms with Gasteiger partial charge >= 0.3 is 13.2 Å². The highest BCUT2D eigenvalue weighted by molar-refractivity contribution is 6.54. The summed E-state index contributed by atoms with van der Waals surface area (Å²) < 4.78 is 91.4. The summed E-state index contributed by atoms with van der Waals surface area (Å²) in [4.78, 5) is 13.0. The van der Waals surface area contributed by atoms with E-state index < -0.39 is 67.3 Å². The minimum Gasteiger partial charge on any atom is -0.443 e. The van der Waals surface area contributed by atoms with Gasteiger partial charge in [-0.15, -0.1) is 0 Å². The van der Waals surface area contributed by atoms with Crippen LogP contribution in [0.4, 0.5) is 4.79 Å². The lowest BCUT2D eigenvalue weighted by molar-refractivity contribution is 0.00578. The number of ether oxygens (including phenoxy) is 1. The third-order valence-electron chi connectivity index (χ3n) is 3.78. The Morgan fingerprint density at radius 2 is 2.04 bits per heavy atom. The van der Waals surface area contributed by atoms with Gasteiger partial charge < -0.3 is 14.0 Å². The molecule has 0 aliphatic carbocycles. The molecule has 2 aliphatic rings. The lowest BCUT2D eigenvalue weighted by atomic mass is 9.73. The molecule has 0 saturated carbocycles. The fraction of sp³-hybridized carbons (Fsp3) is 0.824. The van der Waals surface area contributed by atoms with E-state index in [4.69, 9.17) is 26.4 Å².